The summed E-state index contributed by atoms with van der Waals surface area (Å²) in [5, 5.41) is 12.6. The zero-order chi connectivity index (χ0) is 12.8. The first-order valence-electron chi connectivity index (χ1n) is 6.26. The zero-order valence-electron chi connectivity index (χ0n) is 11.0. The Morgan fingerprint density at radius 1 is 1.59 bits per heavy atom. The molecule has 100 valence electrons. The highest BCUT2D eigenvalue weighted by molar-refractivity contribution is 5.83. The topological polar surface area (TPSA) is 61.8 Å². The van der Waals surface area contributed by atoms with Crippen molar-refractivity contribution < 1.29 is 14.6 Å². The number of carbonyl (C=O) groups is 1. The summed E-state index contributed by atoms with van der Waals surface area (Å²) in [6, 6.07) is -0.0437. The van der Waals surface area contributed by atoms with E-state index < -0.39 is 0 Å². The summed E-state index contributed by atoms with van der Waals surface area (Å²) in [5.41, 5.74) is 0. The highest BCUT2D eigenvalue weighted by Gasteiger charge is 2.32. The van der Waals surface area contributed by atoms with Gasteiger partial charge in [0.25, 0.3) is 0 Å². The minimum atomic E-state index is -0.218. The Balaban J connectivity index is 2.63. The molecule has 0 aromatic heterocycles. The van der Waals surface area contributed by atoms with E-state index in [1.165, 1.54) is 0 Å². The first kappa shape index (κ1) is 14.4. The minimum Gasteiger partial charge on any atom is -0.394 e. The molecule has 0 radical (unpaired) electrons. The molecule has 0 bridgehead atoms. The molecule has 1 aliphatic rings. The van der Waals surface area contributed by atoms with Gasteiger partial charge in [0.1, 0.15) is 0 Å². The number of piperidine rings is 1. The summed E-state index contributed by atoms with van der Waals surface area (Å²) in [4.78, 5) is 14.0. The average Bonchev–Trinajstić information content (AvgIpc) is 2.29. The average molecular weight is 244 g/mol. The van der Waals surface area contributed by atoms with Gasteiger partial charge in [-0.1, -0.05) is 13.8 Å². The fourth-order valence-electron chi connectivity index (χ4n) is 2.25. The quantitative estimate of drug-likeness (QED) is 0.689. The van der Waals surface area contributed by atoms with Gasteiger partial charge in [0.05, 0.1) is 25.3 Å². The van der Waals surface area contributed by atoms with Crippen molar-refractivity contribution >= 4 is 5.91 Å². The third kappa shape index (κ3) is 3.94. The van der Waals surface area contributed by atoms with Crippen molar-refractivity contribution in [1.29, 1.82) is 0 Å². The molecule has 0 spiro atoms. The van der Waals surface area contributed by atoms with Gasteiger partial charge in [0.15, 0.2) is 0 Å². The number of rotatable bonds is 6. The number of likely N-dealkylation sites (tertiary alicyclic amines) is 1. The fourth-order valence-corrected chi connectivity index (χ4v) is 2.25. The van der Waals surface area contributed by atoms with Crippen molar-refractivity contribution in [3.8, 4) is 0 Å². The minimum absolute atomic E-state index is 0.0476. The van der Waals surface area contributed by atoms with Crippen molar-refractivity contribution in [2.45, 2.75) is 44.8 Å². The number of amides is 1. The van der Waals surface area contributed by atoms with Crippen molar-refractivity contribution in [3.63, 3.8) is 0 Å². The van der Waals surface area contributed by atoms with E-state index in [0.29, 0.717) is 19.2 Å². The lowest BCUT2D eigenvalue weighted by Gasteiger charge is -2.37. The van der Waals surface area contributed by atoms with Gasteiger partial charge in [-0.15, -0.1) is 0 Å². The van der Waals surface area contributed by atoms with Gasteiger partial charge < -0.3 is 20.1 Å². The third-order valence-electron chi connectivity index (χ3n) is 3.02. The molecule has 2 unspecified atom stereocenters. The van der Waals surface area contributed by atoms with Crippen molar-refractivity contribution in [2.75, 3.05) is 26.9 Å². The Morgan fingerprint density at radius 3 is 2.82 bits per heavy atom. The van der Waals surface area contributed by atoms with E-state index in [1.807, 2.05) is 13.8 Å². The smallest absolute Gasteiger partial charge is 0.240 e. The van der Waals surface area contributed by atoms with Crippen molar-refractivity contribution in [2.24, 2.45) is 0 Å². The normalized spacial score (nSPS) is 23.2. The van der Waals surface area contributed by atoms with Gasteiger partial charge in [-0.25, -0.2) is 0 Å². The molecular formula is C12H24N2O3. The fraction of sp³-hybridized carbons (Fsp3) is 0.917. The summed E-state index contributed by atoms with van der Waals surface area (Å²) < 4.78 is 5.04. The lowest BCUT2D eigenvalue weighted by molar-refractivity contribution is -0.141. The standard InChI is InChI=1S/C12H24N2O3/c1-9(2)13-11-5-4-6-14(12(11)16)10(7-15)8-17-3/h9-11,13,15H,4-8H2,1-3H3. The van der Waals surface area contributed by atoms with Crippen molar-refractivity contribution in [1.82, 2.24) is 10.2 Å². The maximum Gasteiger partial charge on any atom is 0.240 e. The summed E-state index contributed by atoms with van der Waals surface area (Å²) in [5.74, 6) is 0.0843. The molecule has 1 amide bonds. The van der Waals surface area contributed by atoms with E-state index in [9.17, 15) is 9.90 Å². The molecular weight excluding hydrogens is 220 g/mol. The lowest BCUT2D eigenvalue weighted by Crippen LogP contribution is -2.57. The lowest BCUT2D eigenvalue weighted by atomic mass is 10.0. The van der Waals surface area contributed by atoms with Crippen LogP contribution in [0.25, 0.3) is 0 Å². The zero-order valence-corrected chi connectivity index (χ0v) is 11.0. The summed E-state index contributed by atoms with van der Waals surface area (Å²) in [7, 11) is 1.58. The Morgan fingerprint density at radius 2 is 2.29 bits per heavy atom. The molecule has 1 fully saturated rings. The van der Waals surface area contributed by atoms with Gasteiger partial charge in [-0.05, 0) is 12.8 Å². The van der Waals surface area contributed by atoms with E-state index in [1.54, 1.807) is 12.0 Å². The summed E-state index contributed by atoms with van der Waals surface area (Å²) in [6.45, 7) is 5.12. The van der Waals surface area contributed by atoms with Crippen LogP contribution in [-0.2, 0) is 9.53 Å². The Bertz CT molecular complexity index is 246. The highest BCUT2D eigenvalue weighted by Crippen LogP contribution is 2.15. The predicted molar refractivity (Wildman–Crippen MR) is 65.8 cm³/mol. The molecule has 1 aliphatic heterocycles. The molecule has 0 saturated carbocycles. The van der Waals surface area contributed by atoms with Crippen LogP contribution in [0.3, 0.4) is 0 Å². The molecule has 2 N–H and O–H groups in total. The second-order valence-electron chi connectivity index (χ2n) is 4.84. The van der Waals surface area contributed by atoms with E-state index in [4.69, 9.17) is 4.74 Å². The number of hydrogen-bond donors (Lipinski definition) is 2. The van der Waals surface area contributed by atoms with Gasteiger partial charge in [-0.2, -0.15) is 0 Å². The van der Waals surface area contributed by atoms with Crippen LogP contribution in [0.5, 0.6) is 0 Å². The molecule has 0 aromatic carbocycles. The molecule has 0 aromatic rings. The number of hydrogen-bond acceptors (Lipinski definition) is 4. The van der Waals surface area contributed by atoms with Gasteiger partial charge in [-0.3, -0.25) is 4.79 Å². The van der Waals surface area contributed by atoms with E-state index >= 15 is 0 Å². The van der Waals surface area contributed by atoms with Crippen LogP contribution in [0.1, 0.15) is 26.7 Å². The van der Waals surface area contributed by atoms with Gasteiger partial charge >= 0.3 is 0 Å². The van der Waals surface area contributed by atoms with Crippen LogP contribution in [0.2, 0.25) is 0 Å². The molecule has 17 heavy (non-hydrogen) atoms. The van der Waals surface area contributed by atoms with Crippen molar-refractivity contribution in [3.05, 3.63) is 0 Å². The molecule has 0 aliphatic carbocycles. The molecule has 5 heteroatoms. The highest BCUT2D eigenvalue weighted by atomic mass is 16.5. The molecule has 1 rings (SSSR count). The third-order valence-corrected chi connectivity index (χ3v) is 3.02. The van der Waals surface area contributed by atoms with E-state index in [-0.39, 0.29) is 24.6 Å². The molecule has 2 atom stereocenters. The summed E-state index contributed by atoms with van der Waals surface area (Å²) in [6.07, 6.45) is 1.84. The summed E-state index contributed by atoms with van der Waals surface area (Å²) >= 11 is 0. The largest absolute Gasteiger partial charge is 0.394 e. The van der Waals surface area contributed by atoms with Gasteiger partial charge in [0, 0.05) is 19.7 Å². The van der Waals surface area contributed by atoms with Crippen LogP contribution >= 0.6 is 0 Å². The maximum atomic E-state index is 12.2. The van der Waals surface area contributed by atoms with E-state index in [2.05, 4.69) is 5.32 Å². The number of carbonyl (C=O) groups excluding carboxylic acids is 1. The first-order valence-corrected chi connectivity index (χ1v) is 6.26. The van der Waals surface area contributed by atoms with Crippen LogP contribution in [0.15, 0.2) is 0 Å². The van der Waals surface area contributed by atoms with E-state index in [0.717, 1.165) is 12.8 Å². The first-order chi connectivity index (χ1) is 8.10. The number of nitrogens with one attached hydrogen (secondary N) is 1. The number of aliphatic hydroxyl groups is 1. The number of methoxy groups -OCH3 is 1. The number of ether oxygens (including phenoxy) is 1. The predicted octanol–water partition coefficient (Wildman–Crippen LogP) is -0.0173. The Kier molecular flexibility index (Phi) is 5.88. The monoisotopic (exact) mass is 244 g/mol. The maximum absolute atomic E-state index is 12.2. The number of aliphatic hydroxyl groups excluding tert-OH is 1. The van der Waals surface area contributed by atoms with Crippen LogP contribution < -0.4 is 5.32 Å². The van der Waals surface area contributed by atoms with Gasteiger partial charge in [0.2, 0.25) is 5.91 Å². The van der Waals surface area contributed by atoms with Crippen LogP contribution in [-0.4, -0.2) is 60.9 Å². The second-order valence-corrected chi connectivity index (χ2v) is 4.84. The molecule has 1 heterocycles. The molecule has 5 nitrogen and oxygen atoms in total. The van der Waals surface area contributed by atoms with Crippen LogP contribution in [0, 0.1) is 0 Å². The number of nitrogens with zero attached hydrogens (tertiary/aromatic N) is 1. The molecule has 1 saturated heterocycles. The Labute approximate surface area is 103 Å². The second kappa shape index (κ2) is 6.93. The Hall–Kier alpha value is -0.650. The SMILES string of the molecule is COCC(CO)N1CCCC(NC(C)C)C1=O. The van der Waals surface area contributed by atoms with Crippen LogP contribution in [0.4, 0.5) is 0 Å².